The van der Waals surface area contributed by atoms with Gasteiger partial charge in [0.15, 0.2) is 5.82 Å². The van der Waals surface area contributed by atoms with Gasteiger partial charge in [0.2, 0.25) is 0 Å². The van der Waals surface area contributed by atoms with E-state index in [0.717, 1.165) is 61.3 Å². The van der Waals surface area contributed by atoms with Crippen molar-refractivity contribution in [2.24, 2.45) is 0 Å². The van der Waals surface area contributed by atoms with Gasteiger partial charge in [-0.2, -0.15) is 0 Å². The number of nitrogens with zero attached hydrogens (tertiary/aromatic N) is 4. The Kier molecular flexibility index (Phi) is 7.20. The van der Waals surface area contributed by atoms with Crippen LogP contribution < -0.4 is 0 Å². The van der Waals surface area contributed by atoms with Gasteiger partial charge >= 0.3 is 0 Å². The maximum absolute atomic E-state index is 5.35. The van der Waals surface area contributed by atoms with E-state index in [1.54, 1.807) is 0 Å². The first-order valence-electron chi connectivity index (χ1n) is 19.7. The van der Waals surface area contributed by atoms with Crippen LogP contribution in [0, 0.1) is 0 Å². The van der Waals surface area contributed by atoms with Crippen LogP contribution in [0.5, 0.6) is 0 Å². The number of para-hydroxylation sites is 3. The molecule has 9 aromatic carbocycles. The zero-order chi connectivity index (χ0) is 38.2. The smallest absolute Gasteiger partial charge is 0.160 e. The van der Waals surface area contributed by atoms with Gasteiger partial charge in [0, 0.05) is 49.3 Å². The molecular weight excluding hydrogens is 705 g/mol. The molecule has 4 nitrogen and oxygen atoms in total. The van der Waals surface area contributed by atoms with Crippen LogP contribution in [-0.2, 0) is 0 Å². The van der Waals surface area contributed by atoms with Crippen molar-refractivity contribution in [1.29, 1.82) is 0 Å². The molecule has 0 aliphatic rings. The molecule has 0 saturated carbocycles. The second-order valence-corrected chi connectivity index (χ2v) is 15.0. The molecule has 0 atom stereocenters. The van der Waals surface area contributed by atoms with Crippen molar-refractivity contribution in [3.63, 3.8) is 0 Å². The maximum Gasteiger partial charge on any atom is 0.160 e. The maximum atomic E-state index is 5.35. The highest BCUT2D eigenvalue weighted by Gasteiger charge is 2.22. The van der Waals surface area contributed by atoms with Gasteiger partial charge in [-0.25, -0.2) is 9.97 Å². The first kappa shape index (κ1) is 32.4. The zero-order valence-electron chi connectivity index (χ0n) is 31.4. The fourth-order valence-electron chi connectivity index (χ4n) is 9.05. The highest BCUT2D eigenvalue weighted by molar-refractivity contribution is 6.26. The van der Waals surface area contributed by atoms with Gasteiger partial charge in [0.25, 0.3) is 0 Å². The summed E-state index contributed by atoms with van der Waals surface area (Å²) < 4.78 is 4.91. The van der Waals surface area contributed by atoms with E-state index in [9.17, 15) is 0 Å². The van der Waals surface area contributed by atoms with Crippen LogP contribution in [0.25, 0.3) is 110 Å². The van der Waals surface area contributed by atoms with Crippen LogP contribution in [0.1, 0.15) is 0 Å². The third-order valence-electron chi connectivity index (χ3n) is 11.7. The van der Waals surface area contributed by atoms with Crippen molar-refractivity contribution in [2.45, 2.75) is 0 Å². The molecule has 12 aromatic rings. The third kappa shape index (κ3) is 5.02. The van der Waals surface area contributed by atoms with Crippen LogP contribution in [-0.4, -0.2) is 19.1 Å². The minimum Gasteiger partial charge on any atom is -0.309 e. The van der Waals surface area contributed by atoms with E-state index in [2.05, 4.69) is 209 Å². The third-order valence-corrected chi connectivity index (χ3v) is 11.7. The predicted molar refractivity (Wildman–Crippen MR) is 242 cm³/mol. The SMILES string of the molecule is c1ccc(-c2cc(-c3cc(-n4c5ccccc5c5c4ccc4c6ccccc6n(-c6ccccc6)c45)c4ccccc4c3)nc(-c3ccc4ccccc4c3)n2)cc1. The second kappa shape index (κ2) is 12.9. The number of benzene rings is 9. The molecule has 4 heteroatoms. The van der Waals surface area contributed by atoms with Crippen molar-refractivity contribution in [3.05, 3.63) is 206 Å². The normalized spacial score (nSPS) is 11.8. The lowest BCUT2D eigenvalue weighted by Crippen LogP contribution is -1.99. The Hall–Kier alpha value is -7.82. The average Bonchev–Trinajstić information content (AvgIpc) is 3.82. The summed E-state index contributed by atoms with van der Waals surface area (Å²) in [7, 11) is 0. The van der Waals surface area contributed by atoms with Crippen molar-refractivity contribution in [1.82, 2.24) is 19.1 Å². The number of aromatic nitrogens is 4. The van der Waals surface area contributed by atoms with Crippen LogP contribution in [0.2, 0.25) is 0 Å². The molecule has 3 aromatic heterocycles. The molecule has 0 radical (unpaired) electrons. The Morgan fingerprint density at radius 2 is 0.931 bits per heavy atom. The highest BCUT2D eigenvalue weighted by atomic mass is 15.0. The predicted octanol–water partition coefficient (Wildman–Crippen LogP) is 14.0. The number of hydrogen-bond acceptors (Lipinski definition) is 2. The second-order valence-electron chi connectivity index (χ2n) is 15.0. The summed E-state index contributed by atoms with van der Waals surface area (Å²) in [5.74, 6) is 0.699. The number of rotatable bonds is 5. The van der Waals surface area contributed by atoms with Crippen molar-refractivity contribution in [3.8, 4) is 45.3 Å². The molecule has 58 heavy (non-hydrogen) atoms. The summed E-state index contributed by atoms with van der Waals surface area (Å²) in [4.78, 5) is 10.5. The molecular formula is C54H34N4. The molecule has 0 fully saturated rings. The van der Waals surface area contributed by atoms with Gasteiger partial charge in [-0.1, -0.05) is 152 Å². The van der Waals surface area contributed by atoms with E-state index in [1.165, 1.54) is 43.4 Å². The van der Waals surface area contributed by atoms with Gasteiger partial charge in [0.1, 0.15) is 0 Å². The van der Waals surface area contributed by atoms with Crippen LogP contribution >= 0.6 is 0 Å². The molecule has 12 rings (SSSR count). The van der Waals surface area contributed by atoms with Crippen molar-refractivity contribution >= 4 is 65.2 Å². The molecule has 3 heterocycles. The van der Waals surface area contributed by atoms with E-state index in [0.29, 0.717) is 5.82 Å². The van der Waals surface area contributed by atoms with Gasteiger partial charge in [0.05, 0.1) is 39.1 Å². The summed E-state index contributed by atoms with van der Waals surface area (Å²) in [6.07, 6.45) is 0. The lowest BCUT2D eigenvalue weighted by atomic mass is 10.0. The fourth-order valence-corrected chi connectivity index (χ4v) is 9.05. The van der Waals surface area contributed by atoms with E-state index < -0.39 is 0 Å². The lowest BCUT2D eigenvalue weighted by molar-refractivity contribution is 1.17. The van der Waals surface area contributed by atoms with E-state index in [-0.39, 0.29) is 0 Å². The van der Waals surface area contributed by atoms with Gasteiger partial charge in [-0.15, -0.1) is 0 Å². The Bertz CT molecular complexity index is 3560. The zero-order valence-corrected chi connectivity index (χ0v) is 31.4. The summed E-state index contributed by atoms with van der Waals surface area (Å²) in [6, 6.07) is 73.8. The molecule has 0 unspecified atom stereocenters. The number of fused-ring (bicyclic) bond motifs is 9. The van der Waals surface area contributed by atoms with Gasteiger partial charge in [-0.3, -0.25) is 0 Å². The molecule has 0 spiro atoms. The van der Waals surface area contributed by atoms with Crippen LogP contribution in [0.3, 0.4) is 0 Å². The highest BCUT2D eigenvalue weighted by Crippen LogP contribution is 2.43. The minimum atomic E-state index is 0.699. The minimum absolute atomic E-state index is 0.699. The summed E-state index contributed by atoms with van der Waals surface area (Å²) in [5.41, 5.74) is 11.8. The van der Waals surface area contributed by atoms with E-state index >= 15 is 0 Å². The summed E-state index contributed by atoms with van der Waals surface area (Å²) in [6.45, 7) is 0. The Labute approximate surface area is 334 Å². The first-order valence-corrected chi connectivity index (χ1v) is 19.7. The summed E-state index contributed by atoms with van der Waals surface area (Å²) >= 11 is 0. The quantitative estimate of drug-likeness (QED) is 0.176. The first-order chi connectivity index (χ1) is 28.8. The Morgan fingerprint density at radius 3 is 1.72 bits per heavy atom. The van der Waals surface area contributed by atoms with Crippen molar-refractivity contribution in [2.75, 3.05) is 0 Å². The molecule has 270 valence electrons. The van der Waals surface area contributed by atoms with Crippen LogP contribution in [0.4, 0.5) is 0 Å². The lowest BCUT2D eigenvalue weighted by Gasteiger charge is -2.15. The van der Waals surface area contributed by atoms with Crippen molar-refractivity contribution < 1.29 is 0 Å². The van der Waals surface area contributed by atoms with Crippen LogP contribution in [0.15, 0.2) is 206 Å². The molecule has 0 amide bonds. The van der Waals surface area contributed by atoms with E-state index in [1.807, 2.05) is 6.07 Å². The fraction of sp³-hybridized carbons (Fsp3) is 0. The molecule has 0 bridgehead atoms. The largest absolute Gasteiger partial charge is 0.309 e. The van der Waals surface area contributed by atoms with E-state index in [4.69, 9.17) is 9.97 Å². The Balaban J connectivity index is 1.16. The monoisotopic (exact) mass is 738 g/mol. The standard InChI is InChI=1S/C54H34N4/c1-3-16-36(17-4-1)46-34-47(56-54(55-46)39-28-27-35-15-7-8-18-37(35)31-39)40-32-38-19-9-10-22-42(38)51(33-40)58-49-26-14-12-24-45(49)52-50(58)30-29-44-43-23-11-13-25-48(43)57(53(44)52)41-20-5-2-6-21-41/h1-34H. The van der Waals surface area contributed by atoms with Gasteiger partial charge in [-0.05, 0) is 70.8 Å². The number of hydrogen-bond donors (Lipinski definition) is 0. The summed E-state index contributed by atoms with van der Waals surface area (Å²) in [5, 5.41) is 9.60. The molecule has 0 N–H and O–H groups in total. The molecule has 0 aliphatic heterocycles. The topological polar surface area (TPSA) is 35.6 Å². The molecule has 0 aliphatic carbocycles. The Morgan fingerprint density at radius 1 is 0.328 bits per heavy atom. The molecule has 0 saturated heterocycles. The average molecular weight is 739 g/mol. The van der Waals surface area contributed by atoms with Gasteiger partial charge < -0.3 is 9.13 Å².